The van der Waals surface area contributed by atoms with E-state index in [0.29, 0.717) is 6.54 Å². The van der Waals surface area contributed by atoms with E-state index >= 15 is 0 Å². The van der Waals surface area contributed by atoms with Gasteiger partial charge in [-0.2, -0.15) is 0 Å². The second-order valence-electron chi connectivity index (χ2n) is 2.74. The Labute approximate surface area is 72.7 Å². The number of methoxy groups -OCH3 is 1. The number of aliphatic hydroxyl groups is 1. The molecule has 0 bridgehead atoms. The van der Waals surface area contributed by atoms with Crippen molar-refractivity contribution in [1.29, 1.82) is 0 Å². The molecule has 0 aromatic heterocycles. The molecule has 3 heteroatoms. The predicted octanol–water partition coefficient (Wildman–Crippen LogP) is 0.427. The highest BCUT2D eigenvalue weighted by Gasteiger charge is 2.24. The van der Waals surface area contributed by atoms with Crippen molar-refractivity contribution < 1.29 is 9.84 Å². The van der Waals surface area contributed by atoms with Gasteiger partial charge in [-0.3, -0.25) is 5.32 Å². The zero-order valence-electron chi connectivity index (χ0n) is 7.29. The fourth-order valence-corrected chi connectivity index (χ4v) is 1.22. The second-order valence-corrected chi connectivity index (χ2v) is 2.74. The highest BCUT2D eigenvalue weighted by Crippen LogP contribution is 2.17. The van der Waals surface area contributed by atoms with Gasteiger partial charge < -0.3 is 9.84 Å². The molecule has 0 saturated carbocycles. The van der Waals surface area contributed by atoms with Crippen LogP contribution < -0.4 is 5.32 Å². The van der Waals surface area contributed by atoms with E-state index in [4.69, 9.17) is 9.84 Å². The Hall–Kier alpha value is -0.640. The molecule has 12 heavy (non-hydrogen) atoms. The van der Waals surface area contributed by atoms with Gasteiger partial charge in [-0.15, -0.1) is 0 Å². The summed E-state index contributed by atoms with van der Waals surface area (Å²) in [7, 11) is 1.66. The van der Waals surface area contributed by atoms with Crippen molar-refractivity contribution in [3.8, 4) is 0 Å². The molecule has 68 valence electrons. The van der Waals surface area contributed by atoms with Crippen LogP contribution in [0.3, 0.4) is 0 Å². The van der Waals surface area contributed by atoms with Crippen LogP contribution in [-0.4, -0.2) is 31.1 Å². The molecule has 0 radical (unpaired) electrons. The summed E-state index contributed by atoms with van der Waals surface area (Å²) >= 11 is 0. The van der Waals surface area contributed by atoms with Gasteiger partial charge >= 0.3 is 0 Å². The lowest BCUT2D eigenvalue weighted by Crippen LogP contribution is -2.46. The van der Waals surface area contributed by atoms with Crippen LogP contribution in [0.5, 0.6) is 0 Å². The Kier molecular flexibility index (Phi) is 3.47. The molecule has 2 N–H and O–H groups in total. The molecule has 0 heterocycles. The van der Waals surface area contributed by atoms with E-state index in [1.807, 2.05) is 24.3 Å². The molecule has 1 aliphatic rings. The summed E-state index contributed by atoms with van der Waals surface area (Å²) in [6, 6.07) is 0. The van der Waals surface area contributed by atoms with Gasteiger partial charge in [0.15, 0.2) is 0 Å². The third kappa shape index (κ3) is 2.17. The minimum Gasteiger partial charge on any atom is -0.395 e. The molecule has 1 unspecified atom stereocenters. The molecular formula is C9H15NO2. The molecule has 1 atom stereocenters. The van der Waals surface area contributed by atoms with E-state index in [9.17, 15) is 0 Å². The minimum atomic E-state index is -0.405. The van der Waals surface area contributed by atoms with E-state index in [2.05, 4.69) is 5.32 Å². The summed E-state index contributed by atoms with van der Waals surface area (Å²) in [5.41, 5.74) is -0.405. The number of rotatable bonds is 4. The van der Waals surface area contributed by atoms with Crippen molar-refractivity contribution in [3.05, 3.63) is 24.3 Å². The predicted molar refractivity (Wildman–Crippen MR) is 47.7 cm³/mol. The van der Waals surface area contributed by atoms with Crippen molar-refractivity contribution in [3.63, 3.8) is 0 Å². The van der Waals surface area contributed by atoms with Crippen LogP contribution >= 0.6 is 0 Å². The second kappa shape index (κ2) is 4.40. The van der Waals surface area contributed by atoms with E-state index in [0.717, 1.165) is 6.42 Å². The van der Waals surface area contributed by atoms with E-state index < -0.39 is 5.72 Å². The molecule has 1 rings (SSSR count). The number of aliphatic hydroxyl groups excluding tert-OH is 1. The summed E-state index contributed by atoms with van der Waals surface area (Å²) in [5, 5.41) is 11.8. The average Bonchev–Trinajstić information content (AvgIpc) is 2.16. The smallest absolute Gasteiger partial charge is 0.141 e. The van der Waals surface area contributed by atoms with Gasteiger partial charge in [-0.1, -0.05) is 18.2 Å². The largest absolute Gasteiger partial charge is 0.395 e. The monoisotopic (exact) mass is 169 g/mol. The number of nitrogens with one attached hydrogen (secondary N) is 1. The number of hydrogen-bond acceptors (Lipinski definition) is 3. The van der Waals surface area contributed by atoms with Gasteiger partial charge in [0.05, 0.1) is 6.61 Å². The molecule has 0 aromatic rings. The topological polar surface area (TPSA) is 41.5 Å². The van der Waals surface area contributed by atoms with E-state index in [-0.39, 0.29) is 6.61 Å². The Balaban J connectivity index is 2.51. The standard InChI is InChI=1S/C9H15NO2/c1-12-9(10-7-8-11)5-3-2-4-6-9/h2-5,10-11H,6-8H2,1H3. The van der Waals surface area contributed by atoms with Gasteiger partial charge in [-0.25, -0.2) is 0 Å². The number of ether oxygens (including phenoxy) is 1. The summed E-state index contributed by atoms with van der Waals surface area (Å²) < 4.78 is 5.32. The van der Waals surface area contributed by atoms with Gasteiger partial charge in [-0.05, 0) is 6.08 Å². The molecule has 3 nitrogen and oxygen atoms in total. The Bertz CT molecular complexity index is 189. The SMILES string of the molecule is COC1(NCCO)C=CC=CC1. The zero-order valence-corrected chi connectivity index (χ0v) is 7.29. The van der Waals surface area contributed by atoms with Crippen LogP contribution in [0.1, 0.15) is 6.42 Å². The third-order valence-electron chi connectivity index (χ3n) is 1.93. The fourth-order valence-electron chi connectivity index (χ4n) is 1.22. The maximum absolute atomic E-state index is 8.65. The van der Waals surface area contributed by atoms with Gasteiger partial charge in [0, 0.05) is 20.1 Å². The minimum absolute atomic E-state index is 0.128. The van der Waals surface area contributed by atoms with E-state index in [1.54, 1.807) is 7.11 Å². The molecule has 1 aliphatic carbocycles. The highest BCUT2D eigenvalue weighted by atomic mass is 16.5. The third-order valence-corrected chi connectivity index (χ3v) is 1.93. The average molecular weight is 169 g/mol. The van der Waals surface area contributed by atoms with Crippen molar-refractivity contribution in [2.45, 2.75) is 12.1 Å². The Morgan fingerprint density at radius 1 is 1.58 bits per heavy atom. The number of hydrogen-bond donors (Lipinski definition) is 2. The van der Waals surface area contributed by atoms with Crippen LogP contribution in [0.25, 0.3) is 0 Å². The van der Waals surface area contributed by atoms with Crippen LogP contribution in [0.4, 0.5) is 0 Å². The molecule has 0 amide bonds. The summed E-state index contributed by atoms with van der Waals surface area (Å²) in [5.74, 6) is 0. The van der Waals surface area contributed by atoms with Crippen LogP contribution in [0, 0.1) is 0 Å². The molecular weight excluding hydrogens is 154 g/mol. The summed E-state index contributed by atoms with van der Waals surface area (Å²) in [4.78, 5) is 0. The van der Waals surface area contributed by atoms with Gasteiger partial charge in [0.1, 0.15) is 5.72 Å². The first kappa shape index (κ1) is 9.45. The molecule has 0 fully saturated rings. The van der Waals surface area contributed by atoms with Crippen LogP contribution in [0.15, 0.2) is 24.3 Å². The highest BCUT2D eigenvalue weighted by molar-refractivity contribution is 5.17. The van der Waals surface area contributed by atoms with Gasteiger partial charge in [0.2, 0.25) is 0 Å². The van der Waals surface area contributed by atoms with Crippen molar-refractivity contribution in [1.82, 2.24) is 5.32 Å². The molecule has 0 aliphatic heterocycles. The first-order valence-electron chi connectivity index (χ1n) is 4.08. The number of allylic oxidation sites excluding steroid dienone is 2. The Morgan fingerprint density at radius 3 is 2.92 bits per heavy atom. The Morgan fingerprint density at radius 2 is 2.42 bits per heavy atom. The first-order chi connectivity index (χ1) is 5.83. The molecule has 0 spiro atoms. The van der Waals surface area contributed by atoms with Crippen molar-refractivity contribution in [2.24, 2.45) is 0 Å². The molecule has 0 aromatic carbocycles. The van der Waals surface area contributed by atoms with Crippen molar-refractivity contribution in [2.75, 3.05) is 20.3 Å². The summed E-state index contributed by atoms with van der Waals surface area (Å²) in [6.07, 6.45) is 8.73. The van der Waals surface area contributed by atoms with Gasteiger partial charge in [0.25, 0.3) is 0 Å². The lowest BCUT2D eigenvalue weighted by Gasteiger charge is -2.30. The van der Waals surface area contributed by atoms with E-state index in [1.165, 1.54) is 0 Å². The first-order valence-corrected chi connectivity index (χ1v) is 4.08. The quantitative estimate of drug-likeness (QED) is 0.599. The van der Waals surface area contributed by atoms with Crippen molar-refractivity contribution >= 4 is 0 Å². The van der Waals surface area contributed by atoms with Crippen LogP contribution in [-0.2, 0) is 4.74 Å². The lowest BCUT2D eigenvalue weighted by atomic mass is 10.0. The normalized spacial score (nSPS) is 27.8. The van der Waals surface area contributed by atoms with Crippen LogP contribution in [0.2, 0.25) is 0 Å². The summed E-state index contributed by atoms with van der Waals surface area (Å²) in [6.45, 7) is 0.675. The maximum Gasteiger partial charge on any atom is 0.141 e. The zero-order chi connectivity index (χ0) is 8.86. The fraction of sp³-hybridized carbons (Fsp3) is 0.556. The lowest BCUT2D eigenvalue weighted by molar-refractivity contribution is 0.00141. The molecule has 0 saturated heterocycles. The maximum atomic E-state index is 8.65.